The van der Waals surface area contributed by atoms with Gasteiger partial charge in [0.15, 0.2) is 6.61 Å². The molecule has 2 aromatic rings. The Balaban J connectivity index is 1.65. The molecular formula is C21H23F3N2O4S. The van der Waals surface area contributed by atoms with Gasteiger partial charge < -0.3 is 9.64 Å². The maximum absolute atomic E-state index is 13.2. The zero-order valence-corrected chi connectivity index (χ0v) is 18.0. The zero-order valence-electron chi connectivity index (χ0n) is 17.1. The van der Waals surface area contributed by atoms with E-state index in [1.54, 1.807) is 0 Å². The second-order valence-corrected chi connectivity index (χ2v) is 9.19. The molecule has 0 N–H and O–H groups in total. The van der Waals surface area contributed by atoms with Gasteiger partial charge in [0, 0.05) is 26.2 Å². The number of alkyl halides is 3. The molecule has 2 aromatic carbocycles. The van der Waals surface area contributed by atoms with Crippen molar-refractivity contribution in [2.45, 2.75) is 24.9 Å². The Morgan fingerprint density at radius 3 is 2.13 bits per heavy atom. The third-order valence-electron chi connectivity index (χ3n) is 5.15. The number of hydrogen-bond donors (Lipinski definition) is 0. The largest absolute Gasteiger partial charge is 0.483 e. The Morgan fingerprint density at radius 2 is 1.55 bits per heavy atom. The molecule has 3 rings (SSSR count). The minimum Gasteiger partial charge on any atom is -0.483 e. The molecule has 0 radical (unpaired) electrons. The molecule has 0 atom stereocenters. The molecule has 1 aliphatic heterocycles. The van der Waals surface area contributed by atoms with Crippen molar-refractivity contribution < 1.29 is 31.1 Å². The third kappa shape index (κ3) is 5.01. The second kappa shape index (κ2) is 8.88. The highest BCUT2D eigenvalue weighted by Gasteiger charge is 2.39. The number of hydrogen-bond acceptors (Lipinski definition) is 4. The first kappa shape index (κ1) is 23.1. The van der Waals surface area contributed by atoms with Gasteiger partial charge in [0.1, 0.15) is 5.75 Å². The highest BCUT2D eigenvalue weighted by atomic mass is 32.2. The Bertz CT molecular complexity index is 1040. The fraction of sp³-hybridized carbons (Fsp3) is 0.381. The lowest BCUT2D eigenvalue weighted by atomic mass is 10.1. The number of carbonyl (C=O) groups excluding carboxylic acids is 1. The second-order valence-electron chi connectivity index (χ2n) is 7.29. The molecule has 31 heavy (non-hydrogen) atoms. The van der Waals surface area contributed by atoms with Crippen molar-refractivity contribution in [2.24, 2.45) is 0 Å². The summed E-state index contributed by atoms with van der Waals surface area (Å²) < 4.78 is 72.0. The lowest BCUT2D eigenvalue weighted by Gasteiger charge is -2.34. The quantitative estimate of drug-likeness (QED) is 0.693. The predicted molar refractivity (Wildman–Crippen MR) is 108 cm³/mol. The molecule has 0 bridgehead atoms. The highest BCUT2D eigenvalue weighted by Crippen LogP contribution is 2.35. The average molecular weight is 456 g/mol. The summed E-state index contributed by atoms with van der Waals surface area (Å²) in [6.07, 6.45) is -4.79. The number of halogens is 3. The van der Waals surface area contributed by atoms with E-state index in [9.17, 15) is 26.4 Å². The van der Waals surface area contributed by atoms with Crippen molar-refractivity contribution >= 4 is 15.9 Å². The summed E-state index contributed by atoms with van der Waals surface area (Å²) in [4.78, 5) is 13.2. The van der Waals surface area contributed by atoms with Crippen LogP contribution in [0.3, 0.4) is 0 Å². The molecular weight excluding hydrogens is 433 g/mol. The Labute approximate surface area is 179 Å². The highest BCUT2D eigenvalue weighted by molar-refractivity contribution is 7.89. The fourth-order valence-corrected chi connectivity index (χ4v) is 5.13. The van der Waals surface area contributed by atoms with Crippen molar-refractivity contribution in [3.05, 3.63) is 59.2 Å². The van der Waals surface area contributed by atoms with Crippen LogP contribution in [0.5, 0.6) is 5.75 Å². The fourth-order valence-electron chi connectivity index (χ4n) is 3.49. The van der Waals surface area contributed by atoms with Gasteiger partial charge in [-0.2, -0.15) is 17.5 Å². The van der Waals surface area contributed by atoms with Crippen LogP contribution in [0.2, 0.25) is 0 Å². The summed E-state index contributed by atoms with van der Waals surface area (Å²) in [5.74, 6) is 0.316. The molecule has 0 aliphatic carbocycles. The Kier molecular flexibility index (Phi) is 6.61. The van der Waals surface area contributed by atoms with Crippen LogP contribution in [0, 0.1) is 13.8 Å². The monoisotopic (exact) mass is 456 g/mol. The molecule has 1 aliphatic rings. The van der Waals surface area contributed by atoms with E-state index >= 15 is 0 Å². The number of aryl methyl sites for hydroxylation is 2. The lowest BCUT2D eigenvalue weighted by Crippen LogP contribution is -2.51. The lowest BCUT2D eigenvalue weighted by molar-refractivity contribution is -0.139. The van der Waals surface area contributed by atoms with E-state index in [1.807, 2.05) is 32.0 Å². The van der Waals surface area contributed by atoms with Crippen molar-refractivity contribution in [1.29, 1.82) is 0 Å². The van der Waals surface area contributed by atoms with Crippen LogP contribution in [0.15, 0.2) is 47.4 Å². The van der Waals surface area contributed by atoms with Gasteiger partial charge >= 0.3 is 6.18 Å². The van der Waals surface area contributed by atoms with E-state index in [2.05, 4.69) is 0 Å². The maximum atomic E-state index is 13.2. The van der Waals surface area contributed by atoms with Crippen LogP contribution in [0.1, 0.15) is 16.7 Å². The zero-order chi connectivity index (χ0) is 22.8. The van der Waals surface area contributed by atoms with E-state index in [0.717, 1.165) is 33.6 Å². The summed E-state index contributed by atoms with van der Waals surface area (Å²) in [6.45, 7) is 3.50. The van der Waals surface area contributed by atoms with Crippen LogP contribution in [0.25, 0.3) is 0 Å². The summed E-state index contributed by atoms with van der Waals surface area (Å²) in [5, 5.41) is 0. The van der Waals surface area contributed by atoms with E-state index < -0.39 is 26.7 Å². The number of amides is 1. The van der Waals surface area contributed by atoms with Crippen LogP contribution in [0.4, 0.5) is 13.2 Å². The first-order valence-corrected chi connectivity index (χ1v) is 11.1. The first-order valence-electron chi connectivity index (χ1n) is 9.65. The maximum Gasteiger partial charge on any atom is 0.417 e. The summed E-state index contributed by atoms with van der Waals surface area (Å²) >= 11 is 0. The number of nitrogens with zero attached hydrogens (tertiary/aromatic N) is 2. The predicted octanol–water partition coefficient (Wildman–Crippen LogP) is 3.23. The molecule has 168 valence electrons. The third-order valence-corrected chi connectivity index (χ3v) is 7.11. The van der Waals surface area contributed by atoms with Crippen LogP contribution >= 0.6 is 0 Å². The summed E-state index contributed by atoms with van der Waals surface area (Å²) in [7, 11) is -4.35. The van der Waals surface area contributed by atoms with Gasteiger partial charge in [-0.3, -0.25) is 4.79 Å². The van der Waals surface area contributed by atoms with E-state index in [0.29, 0.717) is 5.75 Å². The number of para-hydroxylation sites is 1. The number of ether oxygens (including phenoxy) is 1. The number of piperazine rings is 1. The van der Waals surface area contributed by atoms with Crippen LogP contribution in [-0.2, 0) is 21.0 Å². The number of carbonyl (C=O) groups is 1. The van der Waals surface area contributed by atoms with Crippen LogP contribution in [-0.4, -0.2) is 56.3 Å². The van der Waals surface area contributed by atoms with Crippen molar-refractivity contribution in [3.63, 3.8) is 0 Å². The van der Waals surface area contributed by atoms with Crippen molar-refractivity contribution in [2.75, 3.05) is 32.8 Å². The molecule has 10 heteroatoms. The molecule has 1 saturated heterocycles. The van der Waals surface area contributed by atoms with Gasteiger partial charge in [0.2, 0.25) is 10.0 Å². The van der Waals surface area contributed by atoms with Gasteiger partial charge in [0.25, 0.3) is 5.91 Å². The number of sulfonamides is 1. The van der Waals surface area contributed by atoms with Gasteiger partial charge in [-0.1, -0.05) is 30.3 Å². The average Bonchev–Trinajstić information content (AvgIpc) is 2.72. The molecule has 6 nitrogen and oxygen atoms in total. The van der Waals surface area contributed by atoms with E-state index in [4.69, 9.17) is 4.74 Å². The molecule has 0 aromatic heterocycles. The summed E-state index contributed by atoms with van der Waals surface area (Å²) in [5.41, 5.74) is 0.592. The topological polar surface area (TPSA) is 66.9 Å². The smallest absolute Gasteiger partial charge is 0.417 e. The first-order chi connectivity index (χ1) is 14.5. The normalized spacial score (nSPS) is 15.7. The molecule has 1 fully saturated rings. The minimum absolute atomic E-state index is 0.0718. The van der Waals surface area contributed by atoms with Crippen molar-refractivity contribution in [1.82, 2.24) is 9.21 Å². The molecule has 0 saturated carbocycles. The SMILES string of the molecule is Cc1cccc(C)c1OCC(=O)N1CCN(S(=O)(=O)c2ccccc2C(F)(F)F)CC1. The van der Waals surface area contributed by atoms with Gasteiger partial charge in [-0.05, 0) is 37.1 Å². The van der Waals surface area contributed by atoms with Crippen molar-refractivity contribution in [3.8, 4) is 5.75 Å². The number of rotatable bonds is 5. The van der Waals surface area contributed by atoms with Gasteiger partial charge in [0.05, 0.1) is 10.5 Å². The molecule has 1 heterocycles. The van der Waals surface area contributed by atoms with Gasteiger partial charge in [-0.25, -0.2) is 8.42 Å². The Hall–Kier alpha value is -2.59. The van der Waals surface area contributed by atoms with E-state index in [1.165, 1.54) is 11.0 Å². The summed E-state index contributed by atoms with van der Waals surface area (Å²) in [6, 6.07) is 9.73. The van der Waals surface area contributed by atoms with Gasteiger partial charge in [-0.15, -0.1) is 0 Å². The van der Waals surface area contributed by atoms with E-state index in [-0.39, 0.29) is 38.7 Å². The minimum atomic E-state index is -4.79. The number of benzene rings is 2. The molecule has 0 unspecified atom stereocenters. The molecule has 1 amide bonds. The standard InChI is InChI=1S/C21H23F3N2O4S/c1-15-6-5-7-16(2)20(15)30-14-19(27)25-10-12-26(13-11-25)31(28,29)18-9-4-3-8-17(18)21(22,23)24/h3-9H,10-14H2,1-2H3. The van der Waals surface area contributed by atoms with Crippen LogP contribution < -0.4 is 4.74 Å². The molecule has 0 spiro atoms. The Morgan fingerprint density at radius 1 is 0.968 bits per heavy atom.